The summed E-state index contributed by atoms with van der Waals surface area (Å²) in [5, 5.41) is 2.68. The second-order valence-corrected chi connectivity index (χ2v) is 31.9. The van der Waals surface area contributed by atoms with Crippen LogP contribution in [0.5, 0.6) is 11.5 Å². The second-order valence-electron chi connectivity index (χ2n) is 23.8. The van der Waals surface area contributed by atoms with E-state index < -0.39 is 0 Å². The number of aryl methyl sites for hydroxylation is 18. The smallest absolute Gasteiger partial charge is 0.175 e. The molecule has 14 aromatic rings. The van der Waals surface area contributed by atoms with Crippen molar-refractivity contribution in [1.29, 1.82) is 0 Å². The van der Waals surface area contributed by atoms with E-state index in [0.29, 0.717) is 13.2 Å². The third-order valence-electron chi connectivity index (χ3n) is 15.0. The average Bonchev–Trinajstić information content (AvgIpc) is 1.55. The van der Waals surface area contributed by atoms with Gasteiger partial charge in [-0.15, -0.1) is 68.0 Å². The van der Waals surface area contributed by atoms with Crippen LogP contribution in [0.3, 0.4) is 0 Å². The zero-order valence-electron chi connectivity index (χ0n) is 64.9. The summed E-state index contributed by atoms with van der Waals surface area (Å²) in [4.78, 5) is 20.4. The van der Waals surface area contributed by atoms with Crippen molar-refractivity contribution in [3.8, 4) is 26.9 Å². The van der Waals surface area contributed by atoms with Gasteiger partial charge in [0.25, 0.3) is 0 Å². The summed E-state index contributed by atoms with van der Waals surface area (Å²) < 4.78 is 20.4. The van der Waals surface area contributed by atoms with Gasteiger partial charge in [0, 0.05) is 105 Å². The van der Waals surface area contributed by atoms with Crippen molar-refractivity contribution in [2.45, 2.75) is 152 Å². The first-order chi connectivity index (χ1) is 48.9. The number of thiophene rings is 6. The van der Waals surface area contributed by atoms with Crippen LogP contribution in [0.2, 0.25) is 0 Å². The Morgan fingerprint density at radius 1 is 0.343 bits per heavy atom. The molecule has 15 rings (SSSR count). The summed E-state index contributed by atoms with van der Waals surface area (Å²) in [6, 6.07) is 75.6. The highest BCUT2D eigenvalue weighted by Crippen LogP contribution is 2.42. The SMILES string of the molecule is CC.CC.Cc1ccc(-c2ccc(C)s2)s1.Cc1ccc(C)n1-c1ccccc1.Cc1ccc(C)n1C.Cc1ccc(C)o1.Cc1ccc(C)s1.Cc1ccc(C=Cc2ccc(C)s2)s1.Cc1cccc(C)n1.Cc1cccc2ccccc12.Cc1ccccc1.Cc1sc(C)c2c1OCCO2. The van der Waals surface area contributed by atoms with Crippen LogP contribution in [0.25, 0.3) is 38.4 Å². The van der Waals surface area contributed by atoms with Gasteiger partial charge in [0.15, 0.2) is 11.5 Å². The Balaban J connectivity index is 0.000000241. The first-order valence-electron chi connectivity index (χ1n) is 34.9. The normalized spacial score (nSPS) is 10.3. The van der Waals surface area contributed by atoms with Crippen LogP contribution < -0.4 is 9.47 Å². The lowest BCUT2D eigenvalue weighted by Gasteiger charge is -2.15. The van der Waals surface area contributed by atoms with Crippen molar-refractivity contribution in [1.82, 2.24) is 14.1 Å². The largest absolute Gasteiger partial charge is 0.485 e. The standard InChI is InChI=1S/C12H13N.C12H12S2.C11H10.C10H10S2.C8H10O2S.C7H11N.C7H9N.C7H8.C6H8O.C6H8S.2C2H6/c1-10-8-9-11(2)13(10)12-6-4-3-5-7-12;1-9-3-5-11(13-9)7-8-12-6-4-10(2)14-12;1-9-5-4-7-10-6-2-3-8-11(9)10;1-7-3-5-9(11-7)10-6-4-8(2)12-10;1-5-7-8(6(2)11-5)10-4-3-9-7;1-6-4-5-7(2)8(6)3;1-6-4-3-5-7(2)8-6;1-7-5-3-2-4-6-7;2*1-5-3-4-6(2)7-5;2*1-2/h3-9H,1-2H3;3-8H,1-2H3;2-8H,1H3;3-6H,1-2H3;3-4H2,1-2H3;4-5H,1-3H3;3-5H,1-2H3;2-6H,1H3;2*3-4H,1-2H3;2*1-2H3. The molecule has 0 bridgehead atoms. The van der Waals surface area contributed by atoms with E-state index in [1.807, 2.05) is 167 Å². The number of furan rings is 1. The average molecular weight is 1480 g/mol. The molecule has 0 spiro atoms. The molecule has 0 amide bonds. The lowest BCUT2D eigenvalue weighted by Crippen LogP contribution is -2.14. The lowest BCUT2D eigenvalue weighted by molar-refractivity contribution is 0.171. The fourth-order valence-corrected chi connectivity index (χ4v) is 14.9. The van der Waals surface area contributed by atoms with E-state index in [9.17, 15) is 0 Å². The number of aromatic nitrogens is 3. The second kappa shape index (κ2) is 47.0. The van der Waals surface area contributed by atoms with E-state index in [2.05, 4.69) is 294 Å². The topological polar surface area (TPSA) is 54.4 Å². The molecule has 4 aromatic carbocycles. The summed E-state index contributed by atoms with van der Waals surface area (Å²) in [6.45, 7) is 46.8. The van der Waals surface area contributed by atoms with Gasteiger partial charge in [-0.2, -0.15) is 0 Å². The molecular weight excluding hydrogens is 1360 g/mol. The van der Waals surface area contributed by atoms with Gasteiger partial charge in [0.1, 0.15) is 24.7 Å². The van der Waals surface area contributed by atoms with Crippen LogP contribution in [0, 0.1) is 125 Å². The highest BCUT2D eigenvalue weighted by atomic mass is 32.1. The molecular formula is C90H111N3O3S6. The highest BCUT2D eigenvalue weighted by molar-refractivity contribution is 7.22. The third-order valence-corrected chi connectivity index (χ3v) is 21.0. The third kappa shape index (κ3) is 31.5. The molecule has 6 nitrogen and oxygen atoms in total. The number of pyridine rings is 1. The number of hydrogen-bond donors (Lipinski definition) is 0. The Morgan fingerprint density at radius 3 is 1.06 bits per heavy atom. The maximum atomic E-state index is 5.46. The number of nitrogens with zero attached hydrogens (tertiary/aromatic N) is 3. The predicted octanol–water partition coefficient (Wildman–Crippen LogP) is 28.7. The number of hydrogen-bond acceptors (Lipinski definition) is 10. The van der Waals surface area contributed by atoms with Crippen LogP contribution >= 0.6 is 68.0 Å². The van der Waals surface area contributed by atoms with Gasteiger partial charge in [0.05, 0.1) is 0 Å². The van der Waals surface area contributed by atoms with Crippen molar-refractivity contribution >= 4 is 90.9 Å². The number of ether oxygens (including phenoxy) is 2. The fourth-order valence-electron chi connectivity index (χ4n) is 9.76. The van der Waals surface area contributed by atoms with E-state index in [1.54, 1.807) is 11.3 Å². The van der Waals surface area contributed by atoms with E-state index >= 15 is 0 Å². The molecule has 540 valence electrons. The zero-order valence-corrected chi connectivity index (χ0v) is 69.8. The highest BCUT2D eigenvalue weighted by Gasteiger charge is 2.19. The quantitative estimate of drug-likeness (QED) is 0.176. The predicted molar refractivity (Wildman–Crippen MR) is 457 cm³/mol. The molecule has 0 radical (unpaired) electrons. The molecule has 12 heteroatoms. The molecule has 0 atom stereocenters. The van der Waals surface area contributed by atoms with Crippen molar-refractivity contribution in [2.75, 3.05) is 13.2 Å². The van der Waals surface area contributed by atoms with Crippen LogP contribution in [0.15, 0.2) is 223 Å². The van der Waals surface area contributed by atoms with Crippen molar-refractivity contribution < 1.29 is 13.9 Å². The van der Waals surface area contributed by atoms with Crippen molar-refractivity contribution in [2.24, 2.45) is 7.05 Å². The van der Waals surface area contributed by atoms with Crippen LogP contribution in [-0.2, 0) is 7.05 Å². The van der Waals surface area contributed by atoms with Gasteiger partial charge in [-0.25, -0.2) is 0 Å². The number of benzene rings is 4. The Hall–Kier alpha value is -8.33. The fraction of sp³-hybridized carbons (Fsp3) is 0.278. The first kappa shape index (κ1) is 86.1. The van der Waals surface area contributed by atoms with E-state index in [4.69, 9.17) is 13.9 Å². The van der Waals surface area contributed by atoms with Crippen LogP contribution in [0.4, 0.5) is 0 Å². The summed E-state index contributed by atoms with van der Waals surface area (Å²) >= 11 is 11.0. The minimum Gasteiger partial charge on any atom is -0.485 e. The number of para-hydroxylation sites is 1. The summed E-state index contributed by atoms with van der Waals surface area (Å²) in [5.74, 6) is 3.88. The maximum absolute atomic E-state index is 5.46. The van der Waals surface area contributed by atoms with Gasteiger partial charge < -0.3 is 23.0 Å². The molecule has 0 saturated carbocycles. The van der Waals surface area contributed by atoms with Crippen molar-refractivity contribution in [3.05, 3.63) is 324 Å². The Bertz CT molecular complexity index is 4350. The number of fused-ring (bicyclic) bond motifs is 2. The molecule has 0 unspecified atom stereocenters. The first-order valence-corrected chi connectivity index (χ1v) is 39.8. The zero-order chi connectivity index (χ0) is 75.1. The molecule has 0 saturated heterocycles. The van der Waals surface area contributed by atoms with Gasteiger partial charge in [-0.1, -0.05) is 130 Å². The summed E-state index contributed by atoms with van der Waals surface area (Å²) in [6.07, 6.45) is 4.37. The van der Waals surface area contributed by atoms with Crippen molar-refractivity contribution in [3.63, 3.8) is 0 Å². The van der Waals surface area contributed by atoms with Crippen LogP contribution in [0.1, 0.15) is 133 Å². The molecule has 0 fully saturated rings. The molecule has 102 heavy (non-hydrogen) atoms. The molecule has 1 aliphatic rings. The van der Waals surface area contributed by atoms with Crippen LogP contribution in [-0.4, -0.2) is 27.3 Å². The summed E-state index contributed by atoms with van der Waals surface area (Å²) in [7, 11) is 2.07. The minimum atomic E-state index is 0.685. The molecule has 1 aliphatic heterocycles. The van der Waals surface area contributed by atoms with E-state index in [1.165, 1.54) is 109 Å². The van der Waals surface area contributed by atoms with E-state index in [0.717, 1.165) is 34.4 Å². The van der Waals surface area contributed by atoms with Gasteiger partial charge in [-0.3, -0.25) is 4.98 Å². The maximum Gasteiger partial charge on any atom is 0.175 e. The lowest BCUT2D eigenvalue weighted by atomic mass is 10.1. The Morgan fingerprint density at radius 2 is 0.725 bits per heavy atom. The minimum absolute atomic E-state index is 0.685. The Labute approximate surface area is 637 Å². The molecule has 0 aliphatic carbocycles. The van der Waals surface area contributed by atoms with Gasteiger partial charge in [-0.05, 0) is 274 Å². The monoisotopic (exact) mass is 1470 g/mol. The summed E-state index contributed by atoms with van der Waals surface area (Å²) in [5.41, 5.74) is 11.3. The van der Waals surface area contributed by atoms with Gasteiger partial charge in [0.2, 0.25) is 0 Å². The molecule has 11 heterocycles. The molecule has 10 aromatic heterocycles. The number of rotatable bonds is 4. The van der Waals surface area contributed by atoms with E-state index in [-0.39, 0.29) is 0 Å². The van der Waals surface area contributed by atoms with Gasteiger partial charge >= 0.3 is 0 Å². The Kier molecular flexibility index (Phi) is 39.7. The molecule has 0 N–H and O–H groups in total.